The maximum absolute atomic E-state index is 13.3. The van der Waals surface area contributed by atoms with E-state index in [0.29, 0.717) is 12.5 Å². The minimum absolute atomic E-state index is 0. The first-order valence-corrected chi connectivity index (χ1v) is 11.2. The topological polar surface area (TPSA) is 45.9 Å². The average molecular weight is 413 g/mol. The number of furan rings is 1. The average Bonchev–Trinajstić information content (AvgIpc) is 3.49. The Morgan fingerprint density at radius 2 is 2.03 bits per heavy atom. The van der Waals surface area contributed by atoms with Crippen LogP contribution in [0.1, 0.15) is 57.9 Å². The van der Waals surface area contributed by atoms with Gasteiger partial charge < -0.3 is 14.1 Å². The molecule has 0 N–H and O–H groups in total. The number of benzene rings is 1. The summed E-state index contributed by atoms with van der Waals surface area (Å²) in [7, 11) is 2.01. The molecule has 5 rings (SSSR count). The van der Waals surface area contributed by atoms with E-state index >= 15 is 0 Å². The van der Waals surface area contributed by atoms with Gasteiger partial charge in [-0.25, -0.2) is 0 Å². The molecule has 164 valence electrons. The number of fused-ring (bicyclic) bond motifs is 1. The second-order valence-corrected chi connectivity index (χ2v) is 9.19. The van der Waals surface area contributed by atoms with Crippen molar-refractivity contribution in [2.45, 2.75) is 76.5 Å². The third kappa shape index (κ3) is 3.90. The van der Waals surface area contributed by atoms with Crippen LogP contribution in [-0.4, -0.2) is 60.1 Å². The molecular formula is C25H36N2O3. The molecule has 2 aliphatic heterocycles. The van der Waals surface area contributed by atoms with Crippen molar-refractivity contribution in [1.82, 2.24) is 9.80 Å². The van der Waals surface area contributed by atoms with Gasteiger partial charge in [0.25, 0.3) is 0 Å². The molecule has 1 spiro atoms. The van der Waals surface area contributed by atoms with E-state index in [0.717, 1.165) is 55.5 Å². The zero-order valence-electron chi connectivity index (χ0n) is 17.4. The number of amides is 1. The Balaban J connectivity index is 0.00000218. The van der Waals surface area contributed by atoms with Gasteiger partial charge in [-0.15, -0.1) is 0 Å². The van der Waals surface area contributed by atoms with Crippen LogP contribution >= 0.6 is 0 Å². The predicted molar refractivity (Wildman–Crippen MR) is 120 cm³/mol. The first kappa shape index (κ1) is 21.4. The standard InChI is InChI=1S/C24H32N2O3.CH4/c1-25(23(27)16-18-6-4-7-22-19(18)9-15-28-22)20-8-11-24(10-5-14-29-24)17-21(20)26-12-2-3-13-26;/h4,6-7,9,15,20-21H,2-3,5,8,10-14,16-17H2,1H3;1H4/t20-,21-,24-;/m0./s1. The lowest BCUT2D eigenvalue weighted by atomic mass is 9.76. The monoisotopic (exact) mass is 412 g/mol. The highest BCUT2D eigenvalue weighted by atomic mass is 16.5. The van der Waals surface area contributed by atoms with Gasteiger partial charge >= 0.3 is 0 Å². The summed E-state index contributed by atoms with van der Waals surface area (Å²) >= 11 is 0. The highest BCUT2D eigenvalue weighted by molar-refractivity contribution is 5.87. The zero-order valence-corrected chi connectivity index (χ0v) is 17.4. The number of hydrogen-bond acceptors (Lipinski definition) is 4. The van der Waals surface area contributed by atoms with Gasteiger partial charge in [-0.2, -0.15) is 0 Å². The molecule has 3 fully saturated rings. The summed E-state index contributed by atoms with van der Waals surface area (Å²) in [5, 5.41) is 1.05. The van der Waals surface area contributed by atoms with Crippen LogP contribution in [0.5, 0.6) is 0 Å². The van der Waals surface area contributed by atoms with Crippen molar-refractivity contribution in [3.05, 3.63) is 36.1 Å². The van der Waals surface area contributed by atoms with Gasteiger partial charge in [0.1, 0.15) is 5.58 Å². The van der Waals surface area contributed by atoms with Crippen LogP contribution in [0.3, 0.4) is 0 Å². The molecule has 1 saturated carbocycles. The van der Waals surface area contributed by atoms with Gasteiger partial charge in [-0.3, -0.25) is 9.69 Å². The third-order valence-electron chi connectivity index (χ3n) is 7.53. The highest BCUT2D eigenvalue weighted by Crippen LogP contribution is 2.43. The van der Waals surface area contributed by atoms with Crippen LogP contribution in [0.15, 0.2) is 34.9 Å². The summed E-state index contributed by atoms with van der Waals surface area (Å²) in [6, 6.07) is 8.64. The lowest BCUT2D eigenvalue weighted by Gasteiger charge is -2.48. The lowest BCUT2D eigenvalue weighted by Crippen LogP contribution is -2.58. The zero-order chi connectivity index (χ0) is 19.8. The fourth-order valence-electron chi connectivity index (χ4n) is 5.92. The fourth-order valence-corrected chi connectivity index (χ4v) is 5.92. The second kappa shape index (κ2) is 8.72. The van der Waals surface area contributed by atoms with Gasteiger partial charge in [0.15, 0.2) is 0 Å². The minimum atomic E-state index is 0. The van der Waals surface area contributed by atoms with Crippen molar-refractivity contribution in [3.63, 3.8) is 0 Å². The summed E-state index contributed by atoms with van der Waals surface area (Å²) in [5.74, 6) is 0.205. The summed E-state index contributed by atoms with van der Waals surface area (Å²) in [4.78, 5) is 18.0. The molecule has 3 atom stereocenters. The number of carbonyl (C=O) groups is 1. The largest absolute Gasteiger partial charge is 0.464 e. The van der Waals surface area contributed by atoms with Crippen molar-refractivity contribution in [2.24, 2.45) is 0 Å². The Kier molecular flexibility index (Phi) is 6.21. The quantitative estimate of drug-likeness (QED) is 0.734. The maximum Gasteiger partial charge on any atom is 0.227 e. The number of nitrogens with zero attached hydrogens (tertiary/aromatic N) is 2. The summed E-state index contributed by atoms with van der Waals surface area (Å²) < 4.78 is 11.8. The molecule has 2 saturated heterocycles. The third-order valence-corrected chi connectivity index (χ3v) is 7.53. The number of carbonyl (C=O) groups excluding carboxylic acids is 1. The number of hydrogen-bond donors (Lipinski definition) is 0. The molecule has 1 aromatic heterocycles. The van der Waals surface area contributed by atoms with Crippen LogP contribution in [-0.2, 0) is 16.0 Å². The molecule has 1 amide bonds. The molecule has 0 radical (unpaired) electrons. The molecule has 3 aliphatic rings. The summed E-state index contributed by atoms with van der Waals surface area (Å²) in [6.07, 6.45) is 10.2. The smallest absolute Gasteiger partial charge is 0.227 e. The SMILES string of the molecule is C.CN(C(=O)Cc1cccc2occc12)[C@H]1CC[C@@]2(CCCO2)C[C@@H]1N1CCCC1. The van der Waals surface area contributed by atoms with E-state index in [9.17, 15) is 4.79 Å². The minimum Gasteiger partial charge on any atom is -0.464 e. The van der Waals surface area contributed by atoms with Crippen LogP contribution < -0.4 is 0 Å². The summed E-state index contributed by atoms with van der Waals surface area (Å²) in [6.45, 7) is 3.22. The number of ether oxygens (including phenoxy) is 1. The molecule has 3 heterocycles. The molecule has 5 heteroatoms. The van der Waals surface area contributed by atoms with Crippen molar-refractivity contribution in [3.8, 4) is 0 Å². The molecule has 30 heavy (non-hydrogen) atoms. The molecule has 1 aromatic carbocycles. The fraction of sp³-hybridized carbons (Fsp3) is 0.640. The number of rotatable bonds is 4. The molecule has 5 nitrogen and oxygen atoms in total. The van der Waals surface area contributed by atoms with Gasteiger partial charge in [0, 0.05) is 31.1 Å². The summed E-state index contributed by atoms with van der Waals surface area (Å²) in [5.41, 5.74) is 1.97. The maximum atomic E-state index is 13.3. The highest BCUT2D eigenvalue weighted by Gasteiger charge is 2.47. The molecule has 1 aliphatic carbocycles. The van der Waals surface area contributed by atoms with Crippen molar-refractivity contribution in [2.75, 3.05) is 26.7 Å². The molecule has 0 bridgehead atoms. The van der Waals surface area contributed by atoms with E-state index in [1.807, 2.05) is 36.2 Å². The molecule has 0 unspecified atom stereocenters. The van der Waals surface area contributed by atoms with E-state index in [4.69, 9.17) is 9.15 Å². The van der Waals surface area contributed by atoms with Crippen LogP contribution in [0, 0.1) is 0 Å². The Morgan fingerprint density at radius 1 is 1.20 bits per heavy atom. The van der Waals surface area contributed by atoms with E-state index in [2.05, 4.69) is 4.90 Å². The first-order chi connectivity index (χ1) is 14.2. The Hall–Kier alpha value is -1.85. The van der Waals surface area contributed by atoms with Gasteiger partial charge in [0.05, 0.1) is 18.3 Å². The second-order valence-electron chi connectivity index (χ2n) is 9.19. The Labute approximate surface area is 180 Å². The predicted octanol–water partition coefficient (Wildman–Crippen LogP) is 4.64. The van der Waals surface area contributed by atoms with E-state index in [-0.39, 0.29) is 25.0 Å². The normalized spacial score (nSPS) is 29.4. The number of likely N-dealkylation sites (N-methyl/N-ethyl adjacent to an activating group) is 1. The van der Waals surface area contributed by atoms with Crippen LogP contribution in [0.2, 0.25) is 0 Å². The first-order valence-electron chi connectivity index (χ1n) is 11.2. The van der Waals surface area contributed by atoms with Gasteiger partial charge in [-0.05, 0) is 75.7 Å². The Morgan fingerprint density at radius 3 is 2.80 bits per heavy atom. The van der Waals surface area contributed by atoms with Gasteiger partial charge in [0.2, 0.25) is 5.91 Å². The van der Waals surface area contributed by atoms with Crippen LogP contribution in [0.4, 0.5) is 0 Å². The Bertz CT molecular complexity index is 864. The van der Waals surface area contributed by atoms with E-state index in [1.54, 1.807) is 6.26 Å². The van der Waals surface area contributed by atoms with Crippen molar-refractivity contribution >= 4 is 16.9 Å². The van der Waals surface area contributed by atoms with Gasteiger partial charge in [-0.1, -0.05) is 19.6 Å². The van der Waals surface area contributed by atoms with Crippen molar-refractivity contribution < 1.29 is 13.9 Å². The number of likely N-dealkylation sites (tertiary alicyclic amines) is 1. The van der Waals surface area contributed by atoms with Crippen molar-refractivity contribution in [1.29, 1.82) is 0 Å². The van der Waals surface area contributed by atoms with Crippen LogP contribution in [0.25, 0.3) is 11.0 Å². The molecular weight excluding hydrogens is 376 g/mol. The van der Waals surface area contributed by atoms with E-state index < -0.39 is 0 Å². The molecule has 2 aromatic rings. The lowest BCUT2D eigenvalue weighted by molar-refractivity contribution is -0.136. The van der Waals surface area contributed by atoms with E-state index in [1.165, 1.54) is 25.7 Å².